The molecule has 0 bridgehead atoms. The molecule has 19 heavy (non-hydrogen) atoms. The molecule has 0 spiro atoms. The number of benzene rings is 1. The Morgan fingerprint density at radius 2 is 1.47 bits per heavy atom. The summed E-state index contributed by atoms with van der Waals surface area (Å²) < 4.78 is 0. The second-order valence-electron chi connectivity index (χ2n) is 6.62. The van der Waals surface area contributed by atoms with Crippen LogP contribution in [0.2, 0.25) is 0 Å². The van der Waals surface area contributed by atoms with Gasteiger partial charge in [0.2, 0.25) is 0 Å². The van der Waals surface area contributed by atoms with Gasteiger partial charge in [-0.1, -0.05) is 58.0 Å². The quantitative estimate of drug-likeness (QED) is 0.814. The molecular formula is C17H29NO. The second kappa shape index (κ2) is 7.06. The van der Waals surface area contributed by atoms with Crippen LogP contribution >= 0.6 is 0 Å². The van der Waals surface area contributed by atoms with E-state index in [-0.39, 0.29) is 0 Å². The van der Waals surface area contributed by atoms with Crippen molar-refractivity contribution in [2.75, 3.05) is 19.6 Å². The van der Waals surface area contributed by atoms with Crippen LogP contribution in [-0.2, 0) is 5.60 Å². The predicted octanol–water partition coefficient (Wildman–Crippen LogP) is 3.51. The van der Waals surface area contributed by atoms with Gasteiger partial charge in [-0.3, -0.25) is 4.90 Å². The van der Waals surface area contributed by atoms with E-state index < -0.39 is 5.60 Å². The Labute approximate surface area is 118 Å². The fraction of sp³-hybridized carbons (Fsp3) is 0.647. The maximum Gasteiger partial charge on any atom is 0.0994 e. The largest absolute Gasteiger partial charge is 0.384 e. The molecule has 1 rings (SSSR count). The molecule has 0 fully saturated rings. The van der Waals surface area contributed by atoms with E-state index in [9.17, 15) is 5.11 Å². The molecule has 0 aliphatic carbocycles. The van der Waals surface area contributed by atoms with Crippen molar-refractivity contribution in [3.63, 3.8) is 0 Å². The van der Waals surface area contributed by atoms with Crippen LogP contribution in [0.25, 0.3) is 0 Å². The lowest BCUT2D eigenvalue weighted by Gasteiger charge is -2.34. The molecule has 1 aromatic carbocycles. The van der Waals surface area contributed by atoms with Crippen molar-refractivity contribution in [1.82, 2.24) is 4.90 Å². The molecule has 0 aliphatic rings. The first-order chi connectivity index (χ1) is 8.81. The SMILES string of the molecule is CC(C)CN(CC(C)C)CC(C)(O)c1ccccc1. The van der Waals surface area contributed by atoms with Crippen molar-refractivity contribution >= 4 is 0 Å². The molecule has 0 radical (unpaired) electrons. The number of nitrogens with zero attached hydrogens (tertiary/aromatic N) is 1. The first kappa shape index (κ1) is 16.2. The van der Waals surface area contributed by atoms with Crippen molar-refractivity contribution in [1.29, 1.82) is 0 Å². The zero-order valence-electron chi connectivity index (χ0n) is 13.1. The van der Waals surface area contributed by atoms with Crippen LogP contribution in [-0.4, -0.2) is 29.6 Å². The van der Waals surface area contributed by atoms with Crippen molar-refractivity contribution in [2.45, 2.75) is 40.2 Å². The second-order valence-corrected chi connectivity index (χ2v) is 6.62. The topological polar surface area (TPSA) is 23.5 Å². The Morgan fingerprint density at radius 3 is 1.89 bits per heavy atom. The standard InChI is InChI=1S/C17H29NO/c1-14(2)11-18(12-15(3)4)13-17(5,19)16-9-7-6-8-10-16/h6-10,14-15,19H,11-13H2,1-5H3. The molecule has 1 aromatic rings. The van der Waals surface area contributed by atoms with Crippen molar-refractivity contribution in [2.24, 2.45) is 11.8 Å². The highest BCUT2D eigenvalue weighted by molar-refractivity contribution is 5.21. The lowest BCUT2D eigenvalue weighted by atomic mass is 9.94. The third kappa shape index (κ3) is 5.75. The molecule has 0 aliphatic heterocycles. The van der Waals surface area contributed by atoms with Gasteiger partial charge in [-0.2, -0.15) is 0 Å². The molecule has 108 valence electrons. The molecule has 1 N–H and O–H groups in total. The summed E-state index contributed by atoms with van der Waals surface area (Å²) in [6.45, 7) is 13.6. The molecule has 0 amide bonds. The zero-order chi connectivity index (χ0) is 14.5. The third-order valence-electron chi connectivity index (χ3n) is 3.17. The molecule has 1 unspecified atom stereocenters. The van der Waals surface area contributed by atoms with Crippen molar-refractivity contribution in [3.05, 3.63) is 35.9 Å². The van der Waals surface area contributed by atoms with E-state index in [0.717, 1.165) is 18.7 Å². The van der Waals surface area contributed by atoms with E-state index in [1.54, 1.807) is 0 Å². The van der Waals surface area contributed by atoms with Gasteiger partial charge in [0.25, 0.3) is 0 Å². The fourth-order valence-corrected chi connectivity index (χ4v) is 2.56. The average molecular weight is 263 g/mol. The van der Waals surface area contributed by atoms with Gasteiger partial charge in [-0.25, -0.2) is 0 Å². The highest BCUT2D eigenvalue weighted by Crippen LogP contribution is 2.22. The summed E-state index contributed by atoms with van der Waals surface area (Å²) in [5.74, 6) is 1.23. The molecular weight excluding hydrogens is 234 g/mol. The number of rotatable bonds is 7. The van der Waals surface area contributed by atoms with Gasteiger partial charge < -0.3 is 5.11 Å². The lowest BCUT2D eigenvalue weighted by molar-refractivity contribution is 0.00930. The van der Waals surface area contributed by atoms with Crippen LogP contribution in [0.3, 0.4) is 0 Å². The Kier molecular flexibility index (Phi) is 6.02. The van der Waals surface area contributed by atoms with Gasteiger partial charge in [0, 0.05) is 19.6 Å². The smallest absolute Gasteiger partial charge is 0.0994 e. The fourth-order valence-electron chi connectivity index (χ4n) is 2.56. The van der Waals surface area contributed by atoms with Gasteiger partial charge in [0.1, 0.15) is 0 Å². The summed E-state index contributed by atoms with van der Waals surface area (Å²) in [5, 5.41) is 10.7. The Balaban J connectivity index is 2.76. The average Bonchev–Trinajstić information content (AvgIpc) is 2.27. The Bertz CT molecular complexity index is 347. The van der Waals surface area contributed by atoms with Crippen LogP contribution in [0.1, 0.15) is 40.2 Å². The summed E-state index contributed by atoms with van der Waals surface area (Å²) in [7, 11) is 0. The maximum absolute atomic E-state index is 10.7. The van der Waals surface area contributed by atoms with Crippen LogP contribution in [0, 0.1) is 11.8 Å². The number of hydrogen-bond donors (Lipinski definition) is 1. The third-order valence-corrected chi connectivity index (χ3v) is 3.17. The van der Waals surface area contributed by atoms with E-state index >= 15 is 0 Å². The van der Waals surface area contributed by atoms with E-state index in [1.807, 2.05) is 37.3 Å². The zero-order valence-corrected chi connectivity index (χ0v) is 13.1. The van der Waals surface area contributed by atoms with E-state index in [4.69, 9.17) is 0 Å². The van der Waals surface area contributed by atoms with Gasteiger partial charge in [-0.05, 0) is 24.3 Å². The molecule has 0 aromatic heterocycles. The number of aliphatic hydroxyl groups is 1. The summed E-state index contributed by atoms with van der Waals surface area (Å²) >= 11 is 0. The minimum Gasteiger partial charge on any atom is -0.384 e. The Morgan fingerprint density at radius 1 is 1.00 bits per heavy atom. The molecule has 2 nitrogen and oxygen atoms in total. The summed E-state index contributed by atoms with van der Waals surface area (Å²) in [6.07, 6.45) is 0. The van der Waals surface area contributed by atoms with Gasteiger partial charge in [0.15, 0.2) is 0 Å². The summed E-state index contributed by atoms with van der Waals surface area (Å²) in [5.41, 5.74) is 0.206. The first-order valence-electron chi connectivity index (χ1n) is 7.31. The monoisotopic (exact) mass is 263 g/mol. The van der Waals surface area contributed by atoms with Crippen LogP contribution < -0.4 is 0 Å². The molecule has 0 saturated carbocycles. The van der Waals surface area contributed by atoms with E-state index in [0.29, 0.717) is 18.4 Å². The molecule has 0 heterocycles. The van der Waals surface area contributed by atoms with Crippen molar-refractivity contribution in [3.8, 4) is 0 Å². The highest BCUT2D eigenvalue weighted by Gasteiger charge is 2.26. The maximum atomic E-state index is 10.7. The molecule has 1 atom stereocenters. The normalized spacial score (nSPS) is 15.2. The van der Waals surface area contributed by atoms with E-state index in [2.05, 4.69) is 32.6 Å². The summed E-state index contributed by atoms with van der Waals surface area (Å²) in [4.78, 5) is 2.38. The Hall–Kier alpha value is -0.860. The lowest BCUT2D eigenvalue weighted by Crippen LogP contribution is -2.42. The van der Waals surface area contributed by atoms with Gasteiger partial charge >= 0.3 is 0 Å². The molecule has 2 heteroatoms. The first-order valence-corrected chi connectivity index (χ1v) is 7.31. The molecule has 0 saturated heterocycles. The minimum atomic E-state index is -0.787. The van der Waals surface area contributed by atoms with Crippen LogP contribution in [0.5, 0.6) is 0 Å². The van der Waals surface area contributed by atoms with Gasteiger partial charge in [0.05, 0.1) is 5.60 Å². The van der Waals surface area contributed by atoms with Crippen LogP contribution in [0.15, 0.2) is 30.3 Å². The predicted molar refractivity (Wildman–Crippen MR) is 82.1 cm³/mol. The number of hydrogen-bond acceptors (Lipinski definition) is 2. The van der Waals surface area contributed by atoms with Gasteiger partial charge in [-0.15, -0.1) is 0 Å². The highest BCUT2D eigenvalue weighted by atomic mass is 16.3. The van der Waals surface area contributed by atoms with E-state index in [1.165, 1.54) is 0 Å². The minimum absolute atomic E-state index is 0.616. The van der Waals surface area contributed by atoms with Crippen molar-refractivity contribution < 1.29 is 5.11 Å². The summed E-state index contributed by atoms with van der Waals surface area (Å²) in [6, 6.07) is 9.96. The van der Waals surface area contributed by atoms with Crippen LogP contribution in [0.4, 0.5) is 0 Å².